The van der Waals surface area contributed by atoms with Crippen molar-refractivity contribution >= 4 is 51.4 Å². The van der Waals surface area contributed by atoms with Gasteiger partial charge in [-0.05, 0) is 60.2 Å². The smallest absolute Gasteiger partial charge is 0.379 e. The summed E-state index contributed by atoms with van der Waals surface area (Å²) in [7, 11) is 0. The van der Waals surface area contributed by atoms with Crippen LogP contribution in [0.25, 0.3) is 22.3 Å². The number of nitrogens with zero attached hydrogens (tertiary/aromatic N) is 5. The number of carbonyl (C=O) groups excluding carboxylic acids is 1. The van der Waals surface area contributed by atoms with Crippen LogP contribution in [0.4, 0.5) is 23.2 Å². The third-order valence-electron chi connectivity index (χ3n) is 5.88. The van der Waals surface area contributed by atoms with Crippen molar-refractivity contribution in [3.8, 4) is 11.4 Å². The highest BCUT2D eigenvalue weighted by Gasteiger charge is 2.44. The molecular weight excluding hydrogens is 628 g/mol. The van der Waals surface area contributed by atoms with Crippen LogP contribution in [0.2, 0.25) is 0 Å². The maximum Gasteiger partial charge on any atom is 0.379 e. The first-order chi connectivity index (χ1) is 17.7. The van der Waals surface area contributed by atoms with Gasteiger partial charge < -0.3 is 15.7 Å². The molecule has 1 amide bonds. The topological polar surface area (TPSA) is 110 Å². The summed E-state index contributed by atoms with van der Waals surface area (Å²) in [6.07, 6.45) is 10.8. The van der Waals surface area contributed by atoms with Crippen molar-refractivity contribution in [2.45, 2.75) is 63.5 Å². The van der Waals surface area contributed by atoms with Crippen LogP contribution in [-0.2, 0) is 11.3 Å². The lowest BCUT2D eigenvalue weighted by Crippen LogP contribution is -2.33. The van der Waals surface area contributed by atoms with Crippen molar-refractivity contribution in [2.24, 2.45) is 0 Å². The molecule has 3 aromatic rings. The Balaban J connectivity index is 0.000000263. The molecule has 1 unspecified atom stereocenters. The number of aliphatic hydroxyl groups is 1. The van der Waals surface area contributed by atoms with E-state index in [2.05, 4.69) is 54.8 Å². The van der Waals surface area contributed by atoms with Crippen LogP contribution in [0, 0.1) is 0 Å². The van der Waals surface area contributed by atoms with Gasteiger partial charge in [-0.2, -0.15) is 23.4 Å². The van der Waals surface area contributed by atoms with Gasteiger partial charge in [0.2, 0.25) is 6.41 Å². The van der Waals surface area contributed by atoms with E-state index in [4.69, 9.17) is 5.11 Å². The van der Waals surface area contributed by atoms with E-state index in [0.29, 0.717) is 32.2 Å². The summed E-state index contributed by atoms with van der Waals surface area (Å²) in [6, 6.07) is 1.97. The van der Waals surface area contributed by atoms with E-state index in [1.807, 2.05) is 16.7 Å². The number of aliphatic hydroxyl groups excluding tert-OH is 1. The highest BCUT2D eigenvalue weighted by atomic mass is 127. The Morgan fingerprint density at radius 2 is 1.97 bits per heavy atom. The Morgan fingerprint density at radius 1 is 1.27 bits per heavy atom. The van der Waals surface area contributed by atoms with Crippen molar-refractivity contribution in [1.82, 2.24) is 29.6 Å². The summed E-state index contributed by atoms with van der Waals surface area (Å²) >= 11 is 2.30. The maximum atomic E-state index is 14.2. The summed E-state index contributed by atoms with van der Waals surface area (Å²) in [5.74, 6) is 0. The van der Waals surface area contributed by atoms with Crippen LogP contribution in [0.1, 0.15) is 39.0 Å². The van der Waals surface area contributed by atoms with Crippen LogP contribution in [0.5, 0.6) is 0 Å². The molecule has 0 saturated heterocycles. The molecule has 0 bridgehead atoms. The van der Waals surface area contributed by atoms with Gasteiger partial charge in [-0.1, -0.05) is 6.92 Å². The molecule has 204 valence electrons. The normalized spacial score (nSPS) is 16.6. The number of anilines is 1. The average molecular weight is 657 g/mol. The Morgan fingerprint density at radius 3 is 2.49 bits per heavy atom. The standard InChI is InChI=1S/C16H19FIN6P.C5H9NO2.CHF3/c1-2-5-19-13-9-24(25-18)22-15(13)12-6-14-11(7-20-12)8-21-23(14)10-16(17)3-4-16;7-3-5(1-2-5)6-4-8;2-1(3)4/h6-9,19,25H,2-5,10H2,1H3;4,7H,1-3H2,(H,6,8);1H. The number of halogens is 5. The van der Waals surface area contributed by atoms with Gasteiger partial charge >= 0.3 is 6.68 Å². The molecule has 1 atom stereocenters. The molecular formula is C22H29F4IN7O2P. The van der Waals surface area contributed by atoms with E-state index in [1.165, 1.54) is 0 Å². The predicted molar refractivity (Wildman–Crippen MR) is 144 cm³/mol. The van der Waals surface area contributed by atoms with Crippen molar-refractivity contribution in [3.05, 3.63) is 24.7 Å². The van der Waals surface area contributed by atoms with E-state index >= 15 is 0 Å². The highest BCUT2D eigenvalue weighted by Crippen LogP contribution is 2.41. The molecule has 0 aliphatic heterocycles. The SMILES string of the molecule is CCCNc1cn(PI)nc1-c1cc2c(cn1)cnn2CC1(F)CC1.FC(F)F.O=CNC1(CO)CC1. The molecule has 2 fully saturated rings. The number of fused-ring (bicyclic) bond motifs is 1. The van der Waals surface area contributed by atoms with Crippen LogP contribution >= 0.6 is 28.4 Å². The van der Waals surface area contributed by atoms with Crippen LogP contribution in [-0.4, -0.2) is 66.9 Å². The molecule has 2 saturated carbocycles. The molecule has 3 heterocycles. The van der Waals surface area contributed by atoms with Crippen molar-refractivity contribution < 1.29 is 27.5 Å². The molecule has 2 aliphatic rings. The zero-order valence-electron chi connectivity index (χ0n) is 20.1. The Bertz CT molecular complexity index is 1170. The Kier molecular flexibility index (Phi) is 10.5. The van der Waals surface area contributed by atoms with Crippen molar-refractivity contribution in [1.29, 1.82) is 0 Å². The van der Waals surface area contributed by atoms with E-state index < -0.39 is 12.3 Å². The van der Waals surface area contributed by atoms with Gasteiger partial charge in [0.05, 0.1) is 54.4 Å². The number of hydrogen-bond donors (Lipinski definition) is 3. The average Bonchev–Trinajstić information content (AvgIpc) is 3.72. The van der Waals surface area contributed by atoms with Crippen LogP contribution in [0.15, 0.2) is 24.7 Å². The summed E-state index contributed by atoms with van der Waals surface area (Å²) in [5, 5.41) is 24.5. The van der Waals surface area contributed by atoms with E-state index in [1.54, 1.807) is 17.1 Å². The molecule has 2 aliphatic carbocycles. The fraction of sp³-hybridized carbons (Fsp3) is 0.545. The van der Waals surface area contributed by atoms with Gasteiger partial charge in [-0.15, -0.1) is 0 Å². The summed E-state index contributed by atoms with van der Waals surface area (Å²) in [4.78, 5) is 14.4. The first-order valence-corrected chi connectivity index (χ1v) is 15.7. The number of amides is 1. The second-order valence-electron chi connectivity index (χ2n) is 8.88. The number of carbonyl (C=O) groups is 1. The second-order valence-corrected chi connectivity index (χ2v) is 11.0. The minimum absolute atomic E-state index is 0.0751. The first-order valence-electron chi connectivity index (χ1n) is 11.6. The third kappa shape index (κ3) is 8.47. The third-order valence-corrected chi connectivity index (χ3v) is 7.77. The van der Waals surface area contributed by atoms with Gasteiger partial charge in [0, 0.05) is 18.1 Å². The molecule has 0 aromatic carbocycles. The van der Waals surface area contributed by atoms with Gasteiger partial charge in [-0.3, -0.25) is 14.5 Å². The lowest BCUT2D eigenvalue weighted by atomic mass is 10.2. The lowest BCUT2D eigenvalue weighted by molar-refractivity contribution is -0.110. The molecule has 0 spiro atoms. The molecule has 5 rings (SSSR count). The zero-order valence-corrected chi connectivity index (χ0v) is 23.3. The molecule has 15 heteroatoms. The monoisotopic (exact) mass is 657 g/mol. The van der Waals surface area contributed by atoms with E-state index in [0.717, 1.165) is 53.8 Å². The quantitative estimate of drug-likeness (QED) is 0.125. The summed E-state index contributed by atoms with van der Waals surface area (Å²) in [6.45, 7) is -0.269. The van der Waals surface area contributed by atoms with Crippen LogP contribution in [0.3, 0.4) is 0 Å². The highest BCUT2D eigenvalue weighted by molar-refractivity contribution is 14.2. The Labute approximate surface area is 226 Å². The fourth-order valence-electron chi connectivity index (χ4n) is 3.41. The molecule has 3 aromatic heterocycles. The minimum Gasteiger partial charge on any atom is -0.394 e. The Hall–Kier alpha value is -2.06. The molecule has 0 radical (unpaired) electrons. The lowest BCUT2D eigenvalue weighted by Gasteiger charge is -2.08. The first kappa shape index (κ1) is 29.5. The molecule has 37 heavy (non-hydrogen) atoms. The predicted octanol–water partition coefficient (Wildman–Crippen LogP) is 4.85. The zero-order chi connectivity index (χ0) is 27.1. The number of hydrogen-bond acceptors (Lipinski definition) is 6. The number of aromatic nitrogens is 5. The summed E-state index contributed by atoms with van der Waals surface area (Å²) in [5.41, 5.74) is 2.19. The fourth-order valence-corrected chi connectivity index (χ4v) is 4.47. The minimum atomic E-state index is -3.67. The summed E-state index contributed by atoms with van der Waals surface area (Å²) < 4.78 is 46.8. The van der Waals surface area contributed by atoms with Crippen molar-refractivity contribution in [3.63, 3.8) is 0 Å². The molecule has 3 N–H and O–H groups in total. The number of alkyl halides is 4. The largest absolute Gasteiger partial charge is 0.394 e. The second kappa shape index (κ2) is 13.1. The van der Waals surface area contributed by atoms with Gasteiger partial charge in [0.15, 0.2) is 0 Å². The van der Waals surface area contributed by atoms with E-state index in [9.17, 15) is 22.4 Å². The van der Waals surface area contributed by atoms with Crippen LogP contribution < -0.4 is 10.6 Å². The number of rotatable bonds is 10. The van der Waals surface area contributed by atoms with Gasteiger partial charge in [-0.25, -0.2) is 8.84 Å². The number of pyridine rings is 1. The van der Waals surface area contributed by atoms with Gasteiger partial charge in [0.1, 0.15) is 11.4 Å². The number of nitrogens with one attached hydrogen (secondary N) is 2. The maximum absolute atomic E-state index is 14.2. The molecule has 9 nitrogen and oxygen atoms in total. The van der Waals surface area contributed by atoms with Gasteiger partial charge in [0.25, 0.3) is 0 Å². The van der Waals surface area contributed by atoms with Crippen molar-refractivity contribution in [2.75, 3.05) is 18.5 Å². The van der Waals surface area contributed by atoms with E-state index in [-0.39, 0.29) is 12.1 Å².